The number of aliphatic hydroxyl groups excluding tert-OH is 1. The molecule has 1 amide bonds. The number of nitrogen functional groups attached to an aromatic ring is 1. The monoisotopic (exact) mass is 421 g/mol. The van der Waals surface area contributed by atoms with Crippen LogP contribution in [0.3, 0.4) is 0 Å². The fourth-order valence-corrected chi connectivity index (χ4v) is 3.32. The van der Waals surface area contributed by atoms with Gasteiger partial charge in [-0.1, -0.05) is 23.4 Å². The Bertz CT molecular complexity index is 908. The highest BCUT2D eigenvalue weighted by molar-refractivity contribution is 7.13. The van der Waals surface area contributed by atoms with Gasteiger partial charge in [-0.3, -0.25) is 4.79 Å². The Morgan fingerprint density at radius 3 is 2.97 bits per heavy atom. The molecule has 13 heteroatoms. The van der Waals surface area contributed by atoms with Gasteiger partial charge in [-0.25, -0.2) is 4.98 Å². The zero-order valence-corrected chi connectivity index (χ0v) is 16.0. The number of nitrogens with zero attached hydrogens (tertiary/aromatic N) is 2. The lowest BCUT2D eigenvalue weighted by Gasteiger charge is -2.29. The zero-order valence-electron chi connectivity index (χ0n) is 15.2. The van der Waals surface area contributed by atoms with Crippen LogP contribution in [0.2, 0.25) is 0 Å². The molecule has 0 spiro atoms. The Labute approximate surface area is 170 Å². The Hall–Kier alpha value is -2.71. The van der Waals surface area contributed by atoms with E-state index in [2.05, 4.69) is 15.5 Å². The third-order valence-corrected chi connectivity index (χ3v) is 4.76. The summed E-state index contributed by atoms with van der Waals surface area (Å²) in [6.45, 7) is 0.313. The lowest BCUT2D eigenvalue weighted by molar-refractivity contribution is -0.115. The summed E-state index contributed by atoms with van der Waals surface area (Å²) in [5.74, 6) is -1.30. The molecule has 0 bridgehead atoms. The molecule has 0 fully saturated rings. The minimum absolute atomic E-state index is 0.102. The topological polar surface area (TPSA) is 186 Å². The molecule has 0 saturated heterocycles. The smallest absolute Gasteiger partial charge is 0.534 e. The molecule has 2 aromatic rings. The number of rotatable bonds is 7. The Kier molecular flexibility index (Phi) is 6.66. The summed E-state index contributed by atoms with van der Waals surface area (Å²) in [5.41, 5.74) is 11.8. The first-order valence-corrected chi connectivity index (χ1v) is 9.53. The van der Waals surface area contributed by atoms with Gasteiger partial charge in [0.25, 0.3) is 5.91 Å². The van der Waals surface area contributed by atoms with Crippen molar-refractivity contribution >= 4 is 35.2 Å². The lowest BCUT2D eigenvalue weighted by atomic mass is 9.72. The van der Waals surface area contributed by atoms with E-state index in [4.69, 9.17) is 21.0 Å². The van der Waals surface area contributed by atoms with Crippen molar-refractivity contribution in [3.63, 3.8) is 0 Å². The molecular formula is C16H20BN5O6S. The normalized spacial score (nSPS) is 16.4. The number of nitrogens with two attached hydrogens (primary N) is 2. The molecule has 0 aliphatic carbocycles. The SMILES string of the molecule is NCCO/N=C(\C(=O)N[C@H]1Cc2cccc(C(O)O)c2OB1O)c1csc(N)n1. The van der Waals surface area contributed by atoms with Crippen LogP contribution in [-0.2, 0) is 16.1 Å². The number of aliphatic hydroxyl groups is 2. The number of carbonyl (C=O) groups is 1. The molecule has 0 unspecified atom stereocenters. The van der Waals surface area contributed by atoms with E-state index in [1.54, 1.807) is 17.5 Å². The molecule has 154 valence electrons. The van der Waals surface area contributed by atoms with Crippen LogP contribution in [0.1, 0.15) is 23.1 Å². The summed E-state index contributed by atoms with van der Waals surface area (Å²) >= 11 is 1.14. The molecule has 29 heavy (non-hydrogen) atoms. The Balaban J connectivity index is 1.79. The van der Waals surface area contributed by atoms with E-state index in [0.29, 0.717) is 5.56 Å². The molecule has 3 rings (SSSR count). The largest absolute Gasteiger partial charge is 0.547 e. The van der Waals surface area contributed by atoms with Gasteiger partial charge in [0, 0.05) is 17.5 Å². The van der Waals surface area contributed by atoms with Crippen molar-refractivity contribution in [2.45, 2.75) is 18.7 Å². The first-order valence-electron chi connectivity index (χ1n) is 8.65. The molecular weight excluding hydrogens is 401 g/mol. The number of nitrogens with one attached hydrogen (secondary N) is 1. The van der Waals surface area contributed by atoms with Crippen LogP contribution in [0.4, 0.5) is 5.13 Å². The van der Waals surface area contributed by atoms with Crippen molar-refractivity contribution in [3.05, 3.63) is 40.4 Å². The number of para-hydroxylation sites is 1. The van der Waals surface area contributed by atoms with Crippen LogP contribution in [0.15, 0.2) is 28.7 Å². The number of fused-ring (bicyclic) bond motifs is 1. The average molecular weight is 421 g/mol. The lowest BCUT2D eigenvalue weighted by Crippen LogP contribution is -2.54. The second-order valence-corrected chi connectivity index (χ2v) is 7.02. The third kappa shape index (κ3) is 4.83. The molecule has 1 aromatic heterocycles. The highest BCUT2D eigenvalue weighted by atomic mass is 32.1. The van der Waals surface area contributed by atoms with Gasteiger partial charge in [0.2, 0.25) is 0 Å². The molecule has 1 aliphatic heterocycles. The third-order valence-electron chi connectivity index (χ3n) is 4.09. The average Bonchev–Trinajstić information content (AvgIpc) is 3.11. The highest BCUT2D eigenvalue weighted by Crippen LogP contribution is 2.33. The number of carbonyl (C=O) groups excluding carboxylic acids is 1. The molecule has 0 saturated carbocycles. The van der Waals surface area contributed by atoms with Crippen LogP contribution in [0.5, 0.6) is 5.75 Å². The number of anilines is 1. The molecule has 1 atom stereocenters. The predicted octanol–water partition coefficient (Wildman–Crippen LogP) is -1.47. The predicted molar refractivity (Wildman–Crippen MR) is 106 cm³/mol. The zero-order chi connectivity index (χ0) is 21.0. The number of benzene rings is 1. The Morgan fingerprint density at radius 2 is 2.31 bits per heavy atom. The van der Waals surface area contributed by atoms with Gasteiger partial charge < -0.3 is 41.5 Å². The van der Waals surface area contributed by atoms with Crippen LogP contribution in [0.25, 0.3) is 0 Å². The van der Waals surface area contributed by atoms with Crippen LogP contribution >= 0.6 is 11.3 Å². The van der Waals surface area contributed by atoms with Gasteiger partial charge in [0.15, 0.2) is 17.1 Å². The number of oxime groups is 1. The van der Waals surface area contributed by atoms with Crippen molar-refractivity contribution in [2.75, 3.05) is 18.9 Å². The minimum Gasteiger partial charge on any atom is -0.534 e. The van der Waals surface area contributed by atoms with Gasteiger partial charge in [-0.05, 0) is 12.0 Å². The molecule has 1 aliphatic rings. The minimum atomic E-state index is -1.75. The fourth-order valence-electron chi connectivity index (χ4n) is 2.78. The summed E-state index contributed by atoms with van der Waals surface area (Å²) in [5, 5.41) is 37.5. The van der Waals surface area contributed by atoms with Crippen LogP contribution in [-0.4, -0.2) is 58.1 Å². The van der Waals surface area contributed by atoms with Crippen LogP contribution < -0.4 is 21.4 Å². The van der Waals surface area contributed by atoms with E-state index in [-0.39, 0.29) is 47.4 Å². The summed E-state index contributed by atoms with van der Waals surface area (Å²) < 4.78 is 5.43. The quantitative estimate of drug-likeness (QED) is 0.102. The molecule has 2 heterocycles. The van der Waals surface area contributed by atoms with E-state index in [1.165, 1.54) is 6.07 Å². The Morgan fingerprint density at radius 1 is 1.52 bits per heavy atom. The summed E-state index contributed by atoms with van der Waals surface area (Å²) in [6.07, 6.45) is -1.56. The number of hydrogen-bond donors (Lipinski definition) is 6. The number of aromatic nitrogens is 1. The van der Waals surface area contributed by atoms with E-state index >= 15 is 0 Å². The first-order chi connectivity index (χ1) is 13.9. The van der Waals surface area contributed by atoms with Crippen molar-refractivity contribution in [2.24, 2.45) is 10.9 Å². The van der Waals surface area contributed by atoms with Crippen molar-refractivity contribution in [1.29, 1.82) is 0 Å². The van der Waals surface area contributed by atoms with Gasteiger partial charge >= 0.3 is 7.12 Å². The number of hydrogen-bond acceptors (Lipinski definition) is 11. The van der Waals surface area contributed by atoms with Gasteiger partial charge in [-0.15, -0.1) is 11.3 Å². The summed E-state index contributed by atoms with van der Waals surface area (Å²) in [7, 11) is -1.42. The van der Waals surface area contributed by atoms with Gasteiger partial charge in [0.05, 0.1) is 5.94 Å². The maximum Gasteiger partial charge on any atom is 0.547 e. The van der Waals surface area contributed by atoms with E-state index < -0.39 is 25.3 Å². The highest BCUT2D eigenvalue weighted by Gasteiger charge is 2.38. The van der Waals surface area contributed by atoms with Crippen molar-refractivity contribution in [1.82, 2.24) is 10.3 Å². The second kappa shape index (κ2) is 9.20. The molecule has 8 N–H and O–H groups in total. The standard InChI is InChI=1S/C16H20BN5O6S/c18-4-5-27-22-12(10-7-29-16(19)20-10)14(23)21-11-6-8-2-1-3-9(15(24)25)13(8)28-17(11)26/h1-3,7,11,15,24-26H,4-6,18H2,(H2,19,20)(H,21,23)/b22-12-/t11-/m0/s1. The van der Waals surface area contributed by atoms with Crippen LogP contribution in [0, 0.1) is 0 Å². The van der Waals surface area contributed by atoms with Gasteiger partial charge in [0.1, 0.15) is 18.1 Å². The molecule has 1 aromatic carbocycles. The molecule has 11 nitrogen and oxygen atoms in total. The number of thiazole rings is 1. The second-order valence-electron chi connectivity index (χ2n) is 6.13. The fraction of sp³-hybridized carbons (Fsp3) is 0.312. The van der Waals surface area contributed by atoms with E-state index in [1.807, 2.05) is 0 Å². The van der Waals surface area contributed by atoms with Gasteiger partial charge in [-0.2, -0.15) is 0 Å². The summed E-state index contributed by atoms with van der Waals surface area (Å²) in [6, 6.07) is 4.80. The van der Waals surface area contributed by atoms with Crippen molar-refractivity contribution in [3.8, 4) is 5.75 Å². The van der Waals surface area contributed by atoms with Crippen molar-refractivity contribution < 1.29 is 29.5 Å². The maximum absolute atomic E-state index is 12.8. The summed E-state index contributed by atoms with van der Waals surface area (Å²) in [4.78, 5) is 21.8. The maximum atomic E-state index is 12.8. The van der Waals surface area contributed by atoms with E-state index in [9.17, 15) is 20.0 Å². The first kappa shape index (κ1) is 21.0. The van der Waals surface area contributed by atoms with E-state index in [0.717, 1.165) is 11.3 Å². The molecule has 0 radical (unpaired) electrons. The number of amides is 1.